The van der Waals surface area contributed by atoms with Gasteiger partial charge in [0.15, 0.2) is 0 Å². The van der Waals surface area contributed by atoms with E-state index in [1.165, 1.54) is 12.8 Å². The van der Waals surface area contributed by atoms with Crippen molar-refractivity contribution in [3.63, 3.8) is 0 Å². The number of carbonyl (C=O) groups is 1. The molecule has 4 heterocycles. The summed E-state index contributed by atoms with van der Waals surface area (Å²) in [5, 5.41) is 1.55. The van der Waals surface area contributed by atoms with Crippen LogP contribution in [0.3, 0.4) is 0 Å². The highest BCUT2D eigenvalue weighted by molar-refractivity contribution is 5.81. The Morgan fingerprint density at radius 2 is 2.11 bits per heavy atom. The number of hydroxylamine groups is 2. The average Bonchev–Trinajstić information content (AvgIpc) is 3.10. The number of hydrogen-bond acceptors (Lipinski definition) is 6. The molecule has 0 aromatic carbocycles. The smallest absolute Gasteiger partial charge is 0.265 e. The molecule has 3 aliphatic heterocycles. The molecule has 1 spiro atoms. The summed E-state index contributed by atoms with van der Waals surface area (Å²) >= 11 is 0. The van der Waals surface area contributed by atoms with Crippen LogP contribution in [0.5, 0.6) is 0 Å². The summed E-state index contributed by atoms with van der Waals surface area (Å²) in [6.07, 6.45) is 3.50. The quantitative estimate of drug-likeness (QED) is 0.776. The van der Waals surface area contributed by atoms with Gasteiger partial charge in [-0.05, 0) is 44.2 Å². The van der Waals surface area contributed by atoms with Crippen LogP contribution in [0.25, 0.3) is 0 Å². The van der Waals surface area contributed by atoms with E-state index in [2.05, 4.69) is 9.80 Å². The van der Waals surface area contributed by atoms with E-state index in [0.717, 1.165) is 56.6 Å². The summed E-state index contributed by atoms with van der Waals surface area (Å²) < 4.78 is 12.0. The Morgan fingerprint density at radius 1 is 1.26 bits per heavy atom. The minimum absolute atomic E-state index is 0.0743. The summed E-state index contributed by atoms with van der Waals surface area (Å²) in [5.74, 6) is 2.78. The molecule has 7 nitrogen and oxygen atoms in total. The van der Waals surface area contributed by atoms with E-state index < -0.39 is 0 Å². The molecule has 0 N–H and O–H groups in total. The molecule has 4 fully saturated rings. The molecule has 1 aromatic heterocycles. The number of furan rings is 1. The predicted octanol–water partition coefficient (Wildman–Crippen LogP) is 1.42. The Bertz CT molecular complexity index is 689. The second-order valence-corrected chi connectivity index (χ2v) is 8.67. The molecule has 3 saturated heterocycles. The number of likely N-dealkylation sites (tertiary alicyclic amines) is 1. The minimum Gasteiger partial charge on any atom is -0.465 e. The number of amides is 1. The normalized spacial score (nSPS) is 28.6. The molecule has 5 rings (SSSR count). The van der Waals surface area contributed by atoms with Crippen LogP contribution in [-0.4, -0.2) is 78.4 Å². The first kappa shape index (κ1) is 17.7. The van der Waals surface area contributed by atoms with Crippen molar-refractivity contribution in [3.8, 4) is 0 Å². The van der Waals surface area contributed by atoms with Crippen molar-refractivity contribution in [2.45, 2.75) is 44.4 Å². The van der Waals surface area contributed by atoms with Gasteiger partial charge in [0.25, 0.3) is 5.91 Å². The van der Waals surface area contributed by atoms with Gasteiger partial charge in [0.2, 0.25) is 0 Å². The number of morpholine rings is 1. The van der Waals surface area contributed by atoms with Crippen molar-refractivity contribution in [3.05, 3.63) is 23.7 Å². The summed E-state index contributed by atoms with van der Waals surface area (Å²) in [5.41, 5.74) is -0.140. The molecule has 1 atom stereocenters. The van der Waals surface area contributed by atoms with E-state index in [4.69, 9.17) is 14.0 Å². The van der Waals surface area contributed by atoms with Crippen molar-refractivity contribution in [2.24, 2.45) is 5.92 Å². The Morgan fingerprint density at radius 3 is 2.78 bits per heavy atom. The van der Waals surface area contributed by atoms with E-state index in [0.29, 0.717) is 19.8 Å². The van der Waals surface area contributed by atoms with Gasteiger partial charge in [-0.25, -0.2) is 5.06 Å². The van der Waals surface area contributed by atoms with Crippen LogP contribution in [0, 0.1) is 12.8 Å². The van der Waals surface area contributed by atoms with E-state index in [9.17, 15) is 4.79 Å². The first-order chi connectivity index (χ1) is 13.1. The largest absolute Gasteiger partial charge is 0.465 e. The second-order valence-electron chi connectivity index (χ2n) is 8.67. The fraction of sp³-hybridized carbons (Fsp3) is 0.750. The topological polar surface area (TPSA) is 58.4 Å². The Balaban J connectivity index is 1.21. The van der Waals surface area contributed by atoms with Crippen molar-refractivity contribution in [1.29, 1.82) is 0 Å². The van der Waals surface area contributed by atoms with Crippen LogP contribution in [0.1, 0.15) is 30.8 Å². The van der Waals surface area contributed by atoms with Crippen LogP contribution in [0.4, 0.5) is 0 Å². The van der Waals surface area contributed by atoms with Gasteiger partial charge in [-0.3, -0.25) is 19.4 Å². The highest BCUT2D eigenvalue weighted by Gasteiger charge is 2.51. The zero-order valence-corrected chi connectivity index (χ0v) is 16.1. The molecule has 0 radical (unpaired) electrons. The van der Waals surface area contributed by atoms with E-state index in [-0.39, 0.29) is 17.6 Å². The van der Waals surface area contributed by atoms with Gasteiger partial charge in [0.05, 0.1) is 26.3 Å². The zero-order valence-electron chi connectivity index (χ0n) is 16.1. The lowest BCUT2D eigenvalue weighted by Crippen LogP contribution is -2.72. The lowest BCUT2D eigenvalue weighted by Gasteiger charge is -2.55. The van der Waals surface area contributed by atoms with Gasteiger partial charge in [0.1, 0.15) is 23.2 Å². The average molecular weight is 375 g/mol. The van der Waals surface area contributed by atoms with Crippen LogP contribution in [0.2, 0.25) is 0 Å². The number of rotatable bonds is 5. The van der Waals surface area contributed by atoms with Gasteiger partial charge >= 0.3 is 0 Å². The molecule has 148 valence electrons. The maximum atomic E-state index is 12.9. The van der Waals surface area contributed by atoms with E-state index in [1.807, 2.05) is 19.1 Å². The fourth-order valence-electron chi connectivity index (χ4n) is 4.59. The van der Waals surface area contributed by atoms with Crippen LogP contribution in [-0.2, 0) is 20.9 Å². The maximum Gasteiger partial charge on any atom is 0.265 e. The number of hydrogen-bond donors (Lipinski definition) is 0. The number of ether oxygens (including phenoxy) is 1. The predicted molar refractivity (Wildman–Crippen MR) is 97.8 cm³/mol. The van der Waals surface area contributed by atoms with Crippen LogP contribution < -0.4 is 0 Å². The highest BCUT2D eigenvalue weighted by atomic mass is 16.7. The molecule has 0 bridgehead atoms. The SMILES string of the molecule is Cc1ccc(CN2CC3(C2)CN(CC2CC2)C(C(=O)N2CCCO2)CO3)o1. The van der Waals surface area contributed by atoms with Gasteiger partial charge < -0.3 is 9.15 Å². The third-order valence-corrected chi connectivity index (χ3v) is 6.15. The third kappa shape index (κ3) is 3.66. The molecule has 1 saturated carbocycles. The summed E-state index contributed by atoms with van der Waals surface area (Å²) in [4.78, 5) is 23.1. The van der Waals surface area contributed by atoms with Crippen molar-refractivity contribution in [2.75, 3.05) is 45.9 Å². The molecule has 27 heavy (non-hydrogen) atoms. The summed E-state index contributed by atoms with van der Waals surface area (Å²) in [6.45, 7) is 8.26. The van der Waals surface area contributed by atoms with E-state index in [1.54, 1.807) is 5.06 Å². The fourth-order valence-corrected chi connectivity index (χ4v) is 4.59. The van der Waals surface area contributed by atoms with Gasteiger partial charge in [-0.1, -0.05) is 0 Å². The van der Waals surface area contributed by atoms with Gasteiger partial charge in [-0.2, -0.15) is 0 Å². The highest BCUT2D eigenvalue weighted by Crippen LogP contribution is 2.36. The minimum atomic E-state index is -0.198. The Hall–Kier alpha value is -1.41. The number of nitrogens with zero attached hydrogens (tertiary/aromatic N) is 3. The third-order valence-electron chi connectivity index (χ3n) is 6.15. The van der Waals surface area contributed by atoms with Gasteiger partial charge in [-0.15, -0.1) is 0 Å². The van der Waals surface area contributed by atoms with Crippen molar-refractivity contribution >= 4 is 5.91 Å². The first-order valence-corrected chi connectivity index (χ1v) is 10.2. The molecule has 4 aliphatic rings. The zero-order chi connectivity index (χ0) is 18.4. The lowest BCUT2D eigenvalue weighted by molar-refractivity contribution is -0.216. The Kier molecular flexibility index (Phi) is 4.50. The van der Waals surface area contributed by atoms with Crippen LogP contribution >= 0.6 is 0 Å². The monoisotopic (exact) mass is 375 g/mol. The molecular weight excluding hydrogens is 346 g/mol. The second kappa shape index (κ2) is 6.88. The molecule has 1 aromatic rings. The standard InChI is InChI=1S/C20H29N3O4/c1-15-3-6-17(27-15)10-21-12-20(13-21)14-22(9-16-4-5-16)18(11-25-20)19(24)23-7-2-8-26-23/h3,6,16,18H,2,4-5,7-14H2,1H3. The van der Waals surface area contributed by atoms with Crippen molar-refractivity contribution in [1.82, 2.24) is 14.9 Å². The first-order valence-electron chi connectivity index (χ1n) is 10.2. The molecule has 1 unspecified atom stereocenters. The van der Waals surface area contributed by atoms with Crippen molar-refractivity contribution < 1.29 is 18.8 Å². The molecule has 1 amide bonds. The molecular formula is C20H29N3O4. The number of aryl methyl sites for hydroxylation is 1. The van der Waals surface area contributed by atoms with E-state index >= 15 is 0 Å². The lowest BCUT2D eigenvalue weighted by atomic mass is 9.90. The maximum absolute atomic E-state index is 12.9. The Labute approximate surface area is 160 Å². The summed E-state index contributed by atoms with van der Waals surface area (Å²) in [7, 11) is 0. The molecule has 1 aliphatic carbocycles. The van der Waals surface area contributed by atoms with Gasteiger partial charge in [0, 0.05) is 26.2 Å². The molecule has 7 heteroatoms. The number of carbonyl (C=O) groups excluding carboxylic acids is 1. The summed E-state index contributed by atoms with van der Waals surface area (Å²) in [6, 6.07) is 3.86. The van der Waals surface area contributed by atoms with Crippen LogP contribution in [0.15, 0.2) is 16.5 Å².